The third kappa shape index (κ3) is 5.81. The number of nitrogens with one attached hydrogen (secondary N) is 1. The average Bonchev–Trinajstić information content (AvgIpc) is 2.65. The van der Waals surface area contributed by atoms with Gasteiger partial charge in [-0.25, -0.2) is 0 Å². The Morgan fingerprint density at radius 2 is 1.59 bits per heavy atom. The molecule has 0 unspecified atom stereocenters. The van der Waals surface area contributed by atoms with Crippen LogP contribution in [0.4, 0.5) is 0 Å². The summed E-state index contributed by atoms with van der Waals surface area (Å²) in [5, 5.41) is 2.58. The predicted octanol–water partition coefficient (Wildman–Crippen LogP) is 4.02. The van der Waals surface area contributed by atoms with Gasteiger partial charge in [0.25, 0.3) is 5.91 Å². The third-order valence-corrected chi connectivity index (χ3v) is 4.43. The molecule has 4 heteroatoms. The highest BCUT2D eigenvalue weighted by molar-refractivity contribution is 5.94. The first-order valence-electron chi connectivity index (χ1n) is 9.05. The molecule has 2 rings (SSSR count). The maximum absolute atomic E-state index is 12.3. The van der Waals surface area contributed by atoms with Gasteiger partial charge in [-0.05, 0) is 40.3 Å². The zero-order chi connectivity index (χ0) is 20.0. The SMILES string of the molecule is CNC(=O)c1ccc(/C=C/C(=O)N(C)Cc2ccc(C(C)(C)C)cc2)cc1. The van der Waals surface area contributed by atoms with Gasteiger partial charge in [0.05, 0.1) is 0 Å². The second-order valence-electron chi connectivity index (χ2n) is 7.68. The number of carbonyl (C=O) groups excluding carboxylic acids is 2. The van der Waals surface area contributed by atoms with Gasteiger partial charge in [0.15, 0.2) is 0 Å². The van der Waals surface area contributed by atoms with E-state index in [1.807, 2.05) is 12.1 Å². The van der Waals surface area contributed by atoms with Crippen LogP contribution < -0.4 is 5.32 Å². The molecule has 0 aromatic heterocycles. The fraction of sp³-hybridized carbons (Fsp3) is 0.304. The van der Waals surface area contributed by atoms with Crippen molar-refractivity contribution in [3.8, 4) is 0 Å². The summed E-state index contributed by atoms with van der Waals surface area (Å²) in [5.74, 6) is -0.191. The number of benzene rings is 2. The van der Waals surface area contributed by atoms with Gasteiger partial charge in [-0.2, -0.15) is 0 Å². The van der Waals surface area contributed by atoms with Crippen molar-refractivity contribution in [2.24, 2.45) is 0 Å². The molecule has 4 nitrogen and oxygen atoms in total. The molecule has 0 radical (unpaired) electrons. The molecule has 142 valence electrons. The Bertz CT molecular complexity index is 813. The van der Waals surface area contributed by atoms with E-state index in [1.165, 1.54) is 5.56 Å². The lowest BCUT2D eigenvalue weighted by Crippen LogP contribution is -2.24. The molecule has 0 saturated heterocycles. The number of hydrogen-bond donors (Lipinski definition) is 1. The smallest absolute Gasteiger partial charge is 0.251 e. The molecule has 0 bridgehead atoms. The van der Waals surface area contributed by atoms with Crippen molar-refractivity contribution in [3.63, 3.8) is 0 Å². The number of carbonyl (C=O) groups is 2. The fourth-order valence-corrected chi connectivity index (χ4v) is 2.65. The molecule has 0 fully saturated rings. The van der Waals surface area contributed by atoms with Crippen LogP contribution in [-0.4, -0.2) is 30.8 Å². The normalized spacial score (nSPS) is 11.4. The number of hydrogen-bond acceptors (Lipinski definition) is 2. The monoisotopic (exact) mass is 364 g/mol. The molecule has 0 aliphatic carbocycles. The van der Waals surface area contributed by atoms with E-state index < -0.39 is 0 Å². The summed E-state index contributed by atoms with van der Waals surface area (Å²) in [4.78, 5) is 25.6. The zero-order valence-electron chi connectivity index (χ0n) is 16.7. The van der Waals surface area contributed by atoms with Gasteiger partial charge < -0.3 is 10.2 Å². The van der Waals surface area contributed by atoms with Crippen molar-refractivity contribution >= 4 is 17.9 Å². The van der Waals surface area contributed by atoms with Crippen LogP contribution in [0, 0.1) is 0 Å². The average molecular weight is 364 g/mol. The van der Waals surface area contributed by atoms with E-state index in [1.54, 1.807) is 43.3 Å². The van der Waals surface area contributed by atoms with Crippen molar-refractivity contribution in [1.29, 1.82) is 0 Å². The molecule has 27 heavy (non-hydrogen) atoms. The molecule has 0 aliphatic rings. The van der Waals surface area contributed by atoms with Crippen LogP contribution in [-0.2, 0) is 16.8 Å². The Labute approximate surface area is 161 Å². The van der Waals surface area contributed by atoms with E-state index in [-0.39, 0.29) is 17.2 Å². The minimum atomic E-state index is -0.126. The van der Waals surface area contributed by atoms with Gasteiger partial charge in [0.1, 0.15) is 0 Å². The lowest BCUT2D eigenvalue weighted by atomic mass is 9.87. The Balaban J connectivity index is 1.96. The summed E-state index contributed by atoms with van der Waals surface area (Å²) in [5.41, 5.74) is 3.97. The predicted molar refractivity (Wildman–Crippen MR) is 110 cm³/mol. The van der Waals surface area contributed by atoms with Crippen molar-refractivity contribution < 1.29 is 9.59 Å². The molecule has 0 spiro atoms. The summed E-state index contributed by atoms with van der Waals surface area (Å²) < 4.78 is 0. The van der Waals surface area contributed by atoms with Crippen LogP contribution in [0.25, 0.3) is 6.08 Å². The highest BCUT2D eigenvalue weighted by atomic mass is 16.2. The second kappa shape index (κ2) is 8.67. The first-order valence-corrected chi connectivity index (χ1v) is 9.05. The van der Waals surface area contributed by atoms with Gasteiger partial charge in [-0.3, -0.25) is 9.59 Å². The van der Waals surface area contributed by atoms with Gasteiger partial charge in [-0.15, -0.1) is 0 Å². The third-order valence-electron chi connectivity index (χ3n) is 4.43. The van der Waals surface area contributed by atoms with Gasteiger partial charge in [0.2, 0.25) is 5.91 Å². The Hall–Kier alpha value is -2.88. The van der Waals surface area contributed by atoms with Crippen molar-refractivity contribution in [2.75, 3.05) is 14.1 Å². The zero-order valence-corrected chi connectivity index (χ0v) is 16.7. The fourth-order valence-electron chi connectivity index (χ4n) is 2.65. The molecule has 2 aromatic rings. The number of rotatable bonds is 5. The van der Waals surface area contributed by atoms with Gasteiger partial charge in [-0.1, -0.05) is 57.2 Å². The summed E-state index contributed by atoms with van der Waals surface area (Å²) >= 11 is 0. The molecule has 2 aromatic carbocycles. The molecule has 0 atom stereocenters. The second-order valence-corrected chi connectivity index (χ2v) is 7.68. The lowest BCUT2D eigenvalue weighted by molar-refractivity contribution is -0.125. The van der Waals surface area contributed by atoms with Crippen LogP contribution in [0.1, 0.15) is 47.8 Å². The van der Waals surface area contributed by atoms with E-state index in [0.29, 0.717) is 12.1 Å². The molecule has 0 aliphatic heterocycles. The first-order chi connectivity index (χ1) is 12.7. The molecular weight excluding hydrogens is 336 g/mol. The highest BCUT2D eigenvalue weighted by Crippen LogP contribution is 2.22. The summed E-state index contributed by atoms with van der Waals surface area (Å²) in [7, 11) is 3.39. The minimum Gasteiger partial charge on any atom is -0.355 e. The van der Waals surface area contributed by atoms with Crippen LogP contribution in [0.2, 0.25) is 0 Å². The Kier molecular flexibility index (Phi) is 6.56. The van der Waals surface area contributed by atoms with E-state index in [0.717, 1.165) is 11.1 Å². The maximum Gasteiger partial charge on any atom is 0.251 e. The number of amides is 2. The summed E-state index contributed by atoms with van der Waals surface area (Å²) in [6.07, 6.45) is 3.31. The molecule has 2 amide bonds. The largest absolute Gasteiger partial charge is 0.355 e. The van der Waals surface area contributed by atoms with Crippen LogP contribution in [0.15, 0.2) is 54.6 Å². The molecular formula is C23H28N2O2. The summed E-state index contributed by atoms with van der Waals surface area (Å²) in [6.45, 7) is 7.11. The van der Waals surface area contributed by atoms with Crippen LogP contribution in [0.5, 0.6) is 0 Å². The quantitative estimate of drug-likeness (QED) is 0.815. The van der Waals surface area contributed by atoms with Crippen LogP contribution in [0.3, 0.4) is 0 Å². The molecule has 0 heterocycles. The van der Waals surface area contributed by atoms with Crippen molar-refractivity contribution in [1.82, 2.24) is 10.2 Å². The minimum absolute atomic E-state index is 0.0646. The highest BCUT2D eigenvalue weighted by Gasteiger charge is 2.13. The van der Waals surface area contributed by atoms with Crippen molar-refractivity contribution in [2.45, 2.75) is 32.7 Å². The maximum atomic E-state index is 12.3. The van der Waals surface area contributed by atoms with Crippen LogP contribution >= 0.6 is 0 Å². The first kappa shape index (κ1) is 20.4. The van der Waals surface area contributed by atoms with E-state index in [9.17, 15) is 9.59 Å². The van der Waals surface area contributed by atoms with Gasteiger partial charge in [0, 0.05) is 32.3 Å². The van der Waals surface area contributed by atoms with E-state index in [2.05, 4.69) is 50.4 Å². The topological polar surface area (TPSA) is 49.4 Å². The Morgan fingerprint density at radius 1 is 1.00 bits per heavy atom. The lowest BCUT2D eigenvalue weighted by Gasteiger charge is -2.20. The number of likely N-dealkylation sites (N-methyl/N-ethyl adjacent to an activating group) is 1. The number of nitrogens with zero attached hydrogens (tertiary/aromatic N) is 1. The van der Waals surface area contributed by atoms with Gasteiger partial charge >= 0.3 is 0 Å². The van der Waals surface area contributed by atoms with E-state index >= 15 is 0 Å². The molecule has 1 N–H and O–H groups in total. The molecule has 0 saturated carbocycles. The Morgan fingerprint density at radius 3 is 2.11 bits per heavy atom. The standard InChI is InChI=1S/C23H28N2O2/c1-23(2,3)20-13-8-18(9-14-20)16-25(5)21(26)15-10-17-6-11-19(12-7-17)22(27)24-4/h6-15H,16H2,1-5H3,(H,24,27)/b15-10+. The van der Waals surface area contributed by atoms with Crippen molar-refractivity contribution in [3.05, 3.63) is 76.9 Å². The summed E-state index contributed by atoms with van der Waals surface area (Å²) in [6, 6.07) is 15.5. The van der Waals surface area contributed by atoms with E-state index in [4.69, 9.17) is 0 Å².